The summed E-state index contributed by atoms with van der Waals surface area (Å²) >= 11 is 4.05. The van der Waals surface area contributed by atoms with Gasteiger partial charge in [-0.15, -0.1) is 0 Å². The van der Waals surface area contributed by atoms with Crippen LogP contribution in [-0.4, -0.2) is 119 Å². The number of carboxylic acids is 3. The van der Waals surface area contributed by atoms with Gasteiger partial charge in [0.2, 0.25) is 0 Å². The summed E-state index contributed by atoms with van der Waals surface area (Å²) in [7, 11) is 0. The van der Waals surface area contributed by atoms with Crippen LogP contribution in [0.5, 0.6) is 5.75 Å². The molecule has 0 heterocycles. The Kier molecular flexibility index (Phi) is 42.0. The van der Waals surface area contributed by atoms with Gasteiger partial charge in [0.25, 0.3) is 0 Å². The third-order valence-electron chi connectivity index (χ3n) is 16.5. The number of hydrogen-bond donors (Lipinski definition) is 7. The summed E-state index contributed by atoms with van der Waals surface area (Å²) in [6.45, 7) is 15.4. The smallest absolute Gasteiger partial charge is 0.315 e. The maximum absolute atomic E-state index is 16.6. The Morgan fingerprint density at radius 2 is 0.744 bits per heavy atom. The molecule has 0 aliphatic heterocycles. The van der Waals surface area contributed by atoms with Crippen molar-refractivity contribution in [2.45, 2.75) is 307 Å². The van der Waals surface area contributed by atoms with Crippen LogP contribution in [0.4, 0.5) is 0 Å². The molecule has 4 atom stereocenters. The monoisotopic (exact) mass is 1210 g/mol. The van der Waals surface area contributed by atoms with Crippen molar-refractivity contribution < 1.29 is 59.7 Å². The lowest BCUT2D eigenvalue weighted by Gasteiger charge is -2.51. The molecular weight excluding hydrogens is 1090 g/mol. The van der Waals surface area contributed by atoms with Gasteiger partial charge in [0.15, 0.2) is 0 Å². The van der Waals surface area contributed by atoms with Gasteiger partial charge in [-0.25, -0.2) is 0 Å². The molecular formula is C67H120O12S3. The third kappa shape index (κ3) is 30.0. The average molecular weight is 1210 g/mol. The van der Waals surface area contributed by atoms with Gasteiger partial charge in [-0.2, -0.15) is 35.3 Å². The van der Waals surface area contributed by atoms with Gasteiger partial charge in [-0.05, 0) is 64.0 Å². The lowest BCUT2D eigenvalue weighted by Crippen LogP contribution is -2.58. The van der Waals surface area contributed by atoms with Crippen LogP contribution in [0.1, 0.15) is 297 Å². The minimum atomic E-state index is -2.11. The van der Waals surface area contributed by atoms with Gasteiger partial charge in [-0.3, -0.25) is 19.2 Å². The highest BCUT2D eigenvalue weighted by Crippen LogP contribution is 2.59. The molecule has 4 unspecified atom stereocenters. The van der Waals surface area contributed by atoms with E-state index in [1.807, 2.05) is 53.7 Å². The molecule has 15 heteroatoms. The molecule has 1 rings (SSSR count). The van der Waals surface area contributed by atoms with Gasteiger partial charge in [0.1, 0.15) is 17.8 Å². The van der Waals surface area contributed by atoms with E-state index < -0.39 is 113 Å². The molecule has 0 bridgehead atoms. The molecule has 0 amide bonds. The van der Waals surface area contributed by atoms with Gasteiger partial charge in [0.05, 0.1) is 44.5 Å². The maximum atomic E-state index is 16.6. The number of carboxylic acid groups (broad SMARTS) is 3. The number of benzene rings is 1. The number of phenols is 1. The lowest BCUT2D eigenvalue weighted by atomic mass is 9.62. The number of unbranched alkanes of at least 4 members (excludes halogenated alkanes) is 27. The molecule has 1 aromatic rings. The highest BCUT2D eigenvalue weighted by atomic mass is 32.2. The maximum Gasteiger partial charge on any atom is 0.315 e. The molecule has 82 heavy (non-hydrogen) atoms. The van der Waals surface area contributed by atoms with Gasteiger partial charge >= 0.3 is 23.9 Å². The summed E-state index contributed by atoms with van der Waals surface area (Å²) < 4.78 is 6.43. The van der Waals surface area contributed by atoms with Crippen molar-refractivity contribution in [3.05, 3.63) is 28.8 Å². The number of hydrogen-bond acceptors (Lipinski definition) is 12. The molecule has 1 aromatic carbocycles. The number of aliphatic hydroxyl groups is 3. The number of aliphatic hydroxyl groups excluding tert-OH is 3. The van der Waals surface area contributed by atoms with E-state index in [0.717, 1.165) is 83.5 Å². The van der Waals surface area contributed by atoms with Gasteiger partial charge in [0, 0.05) is 21.7 Å². The summed E-state index contributed by atoms with van der Waals surface area (Å²) in [6, 6.07) is 3.67. The largest absolute Gasteiger partial charge is 0.507 e. The summed E-state index contributed by atoms with van der Waals surface area (Å²) in [6.07, 6.45) is 30.8. The van der Waals surface area contributed by atoms with Crippen LogP contribution in [0.3, 0.4) is 0 Å². The van der Waals surface area contributed by atoms with Crippen molar-refractivity contribution in [2.24, 2.45) is 10.8 Å². The first kappa shape index (κ1) is 77.8. The molecule has 0 aromatic heterocycles. The van der Waals surface area contributed by atoms with Crippen LogP contribution >= 0.6 is 35.3 Å². The van der Waals surface area contributed by atoms with E-state index in [9.17, 15) is 50.1 Å². The second kappa shape index (κ2) is 44.3. The number of thioether (sulfide) groups is 3. The fourth-order valence-electron chi connectivity index (χ4n) is 11.4. The quantitative estimate of drug-likeness (QED) is 0.0238. The zero-order valence-corrected chi connectivity index (χ0v) is 55.6. The van der Waals surface area contributed by atoms with E-state index in [4.69, 9.17) is 4.74 Å². The highest BCUT2D eigenvalue weighted by Gasteiger charge is 2.62. The fraction of sp³-hybridized carbons (Fsp3) is 0.851. The zero-order chi connectivity index (χ0) is 61.5. The number of rotatable bonds is 53. The fourth-order valence-corrected chi connectivity index (χ4v) is 16.1. The van der Waals surface area contributed by atoms with Crippen molar-refractivity contribution in [1.29, 1.82) is 0 Å². The number of aliphatic carboxylic acids is 3. The van der Waals surface area contributed by atoms with Crippen LogP contribution in [-0.2, 0) is 34.7 Å². The van der Waals surface area contributed by atoms with Crippen molar-refractivity contribution in [2.75, 3.05) is 43.7 Å². The second-order valence-electron chi connectivity index (χ2n) is 25.9. The summed E-state index contributed by atoms with van der Waals surface area (Å²) in [5.41, 5.74) is -3.66. The predicted molar refractivity (Wildman–Crippen MR) is 346 cm³/mol. The molecule has 0 spiro atoms. The highest BCUT2D eigenvalue weighted by molar-refractivity contribution is 8.01. The number of ether oxygens (including phenoxy) is 1. The van der Waals surface area contributed by atoms with Gasteiger partial charge < -0.3 is 40.5 Å². The standard InChI is InChI=1S/C67H120O12S3/c1-10-13-16-19-22-25-28-31-34-37-40-80-55(45-58(71)72)61(52-43-53(64(4,5)6)62(77)54(44-52)65(7,8)9)67(63(78)79-51-66(48-68,49-69)50-70,56(46-59(73)74)81-41-38-35-32-29-26-23-20-17-14-11-2)57(47-60(75)76)82-42-39-36-33-30-27-24-21-18-15-12-3/h43-44,55-57,61,68-70,77H,10-42,45-51H2,1-9H3,(H,71,72)(H,73,74)(H,75,76). The number of carbonyl (C=O) groups is 4. The van der Waals surface area contributed by atoms with E-state index in [-0.39, 0.29) is 5.75 Å². The summed E-state index contributed by atoms with van der Waals surface area (Å²) in [4.78, 5) is 57.7. The first-order valence-electron chi connectivity index (χ1n) is 32.4. The number of phenolic OH excluding ortho intramolecular Hbond substituents is 1. The van der Waals surface area contributed by atoms with Crippen LogP contribution < -0.4 is 0 Å². The minimum absolute atomic E-state index is 0.0527. The van der Waals surface area contributed by atoms with E-state index in [1.165, 1.54) is 132 Å². The normalized spacial score (nSPS) is 14.5. The first-order valence-corrected chi connectivity index (χ1v) is 35.6. The Labute approximate surface area is 511 Å². The Hall–Kier alpha value is -2.17. The number of aromatic hydroxyl groups is 1. The molecule has 12 nitrogen and oxygen atoms in total. The Balaban J connectivity index is 4.56. The minimum Gasteiger partial charge on any atom is -0.507 e. The topological polar surface area (TPSA) is 219 Å². The SMILES string of the molecule is CCCCCCCCCCCCSC(CC(=O)O)C(c1cc(C(C)(C)C)c(O)c(C(C)(C)C)c1)C(C(=O)OCC(CO)(CO)CO)(C(CC(=O)O)SCCCCCCCCCCCC)C(CC(=O)O)SCCCCCCCCCCCC. The predicted octanol–water partition coefficient (Wildman–Crippen LogP) is 17.1. The molecule has 0 aliphatic rings. The van der Waals surface area contributed by atoms with Crippen LogP contribution in [0, 0.1) is 10.8 Å². The van der Waals surface area contributed by atoms with Crippen LogP contribution in [0.2, 0.25) is 0 Å². The molecule has 0 radical (unpaired) electrons. The Morgan fingerprint density at radius 3 is 1.02 bits per heavy atom. The Bertz CT molecular complexity index is 1770. The first-order chi connectivity index (χ1) is 39.1. The van der Waals surface area contributed by atoms with Crippen molar-refractivity contribution in [3.8, 4) is 5.75 Å². The van der Waals surface area contributed by atoms with E-state index in [1.54, 1.807) is 0 Å². The number of carbonyl (C=O) groups excluding carboxylic acids is 1. The van der Waals surface area contributed by atoms with Crippen LogP contribution in [0.25, 0.3) is 0 Å². The molecule has 0 saturated carbocycles. The van der Waals surface area contributed by atoms with E-state index >= 15 is 4.79 Å². The number of esters is 1. The van der Waals surface area contributed by atoms with E-state index in [2.05, 4.69) is 20.8 Å². The van der Waals surface area contributed by atoms with Crippen molar-refractivity contribution in [1.82, 2.24) is 0 Å². The average Bonchev–Trinajstić information content (AvgIpc) is 1.33. The molecule has 0 fully saturated rings. The summed E-state index contributed by atoms with van der Waals surface area (Å²) in [5, 5.41) is 74.5. The molecule has 0 saturated heterocycles. The lowest BCUT2D eigenvalue weighted by molar-refractivity contribution is -0.166. The molecule has 7 N–H and O–H groups in total. The molecule has 478 valence electrons. The van der Waals surface area contributed by atoms with Gasteiger partial charge in [-0.1, -0.05) is 248 Å². The Morgan fingerprint density at radius 1 is 0.451 bits per heavy atom. The van der Waals surface area contributed by atoms with E-state index in [0.29, 0.717) is 46.8 Å². The zero-order valence-electron chi connectivity index (χ0n) is 53.1. The second-order valence-corrected chi connectivity index (χ2v) is 29.9. The molecule has 0 aliphatic carbocycles. The van der Waals surface area contributed by atoms with Crippen molar-refractivity contribution in [3.63, 3.8) is 0 Å². The third-order valence-corrected chi connectivity index (χ3v) is 20.8. The summed E-state index contributed by atoms with van der Waals surface area (Å²) in [5.74, 6) is -4.33. The van der Waals surface area contributed by atoms with Crippen LogP contribution in [0.15, 0.2) is 12.1 Å². The van der Waals surface area contributed by atoms with Crippen molar-refractivity contribution >= 4 is 59.2 Å².